The first-order chi connectivity index (χ1) is 7.65. The second-order valence-electron chi connectivity index (χ2n) is 4.77. The summed E-state index contributed by atoms with van der Waals surface area (Å²) in [5.74, 6) is 0.380. The fourth-order valence-electron chi connectivity index (χ4n) is 2.56. The van der Waals surface area contributed by atoms with Crippen molar-refractivity contribution in [3.63, 3.8) is 0 Å². The SMILES string of the molecule is CN(C)C1(C2=NCCN=C2)CCC(=O)CC1. The minimum atomic E-state index is -0.0577. The third-order valence-electron chi connectivity index (χ3n) is 3.69. The van der Waals surface area contributed by atoms with E-state index in [2.05, 4.69) is 29.0 Å². The predicted octanol–water partition coefficient (Wildman–Crippen LogP) is 0.955. The lowest BCUT2D eigenvalue weighted by Gasteiger charge is -2.42. The van der Waals surface area contributed by atoms with E-state index in [9.17, 15) is 4.79 Å². The van der Waals surface area contributed by atoms with Crippen LogP contribution in [0.25, 0.3) is 0 Å². The smallest absolute Gasteiger partial charge is 0.133 e. The van der Waals surface area contributed by atoms with Crippen LogP contribution in [0, 0.1) is 0 Å². The minimum absolute atomic E-state index is 0.0577. The lowest BCUT2D eigenvalue weighted by atomic mass is 9.76. The Morgan fingerprint density at radius 3 is 2.44 bits per heavy atom. The maximum absolute atomic E-state index is 11.4. The van der Waals surface area contributed by atoms with E-state index >= 15 is 0 Å². The van der Waals surface area contributed by atoms with Crippen molar-refractivity contribution in [1.82, 2.24) is 4.90 Å². The maximum atomic E-state index is 11.4. The number of hydrogen-bond acceptors (Lipinski definition) is 4. The van der Waals surface area contributed by atoms with Gasteiger partial charge in [0, 0.05) is 19.1 Å². The van der Waals surface area contributed by atoms with E-state index in [-0.39, 0.29) is 5.54 Å². The summed E-state index contributed by atoms with van der Waals surface area (Å²) in [5.41, 5.74) is 1.01. The van der Waals surface area contributed by atoms with Gasteiger partial charge in [-0.05, 0) is 26.9 Å². The molecule has 0 atom stereocenters. The summed E-state index contributed by atoms with van der Waals surface area (Å²) < 4.78 is 0. The molecule has 1 aliphatic heterocycles. The number of carbonyl (C=O) groups excluding carboxylic acids is 1. The number of Topliss-reactive ketones (excluding diaryl/α,β-unsaturated/α-hetero) is 1. The monoisotopic (exact) mass is 221 g/mol. The van der Waals surface area contributed by atoms with Crippen molar-refractivity contribution < 1.29 is 4.79 Å². The van der Waals surface area contributed by atoms with Crippen LogP contribution < -0.4 is 0 Å². The first-order valence-electron chi connectivity index (χ1n) is 5.89. The largest absolute Gasteiger partial charge is 0.300 e. The third kappa shape index (κ3) is 1.94. The van der Waals surface area contributed by atoms with Gasteiger partial charge in [0.2, 0.25) is 0 Å². The zero-order valence-corrected chi connectivity index (χ0v) is 10.1. The molecule has 1 fully saturated rings. The van der Waals surface area contributed by atoms with Crippen LogP contribution in [0.3, 0.4) is 0 Å². The number of hydrogen-bond donors (Lipinski definition) is 0. The van der Waals surface area contributed by atoms with Gasteiger partial charge in [0.15, 0.2) is 0 Å². The second kappa shape index (κ2) is 4.45. The summed E-state index contributed by atoms with van der Waals surface area (Å²) >= 11 is 0. The minimum Gasteiger partial charge on any atom is -0.300 e. The van der Waals surface area contributed by atoms with Crippen molar-refractivity contribution in [3.8, 4) is 0 Å². The Kier molecular flexibility index (Phi) is 3.19. The molecule has 1 saturated carbocycles. The summed E-state index contributed by atoms with van der Waals surface area (Å²) in [4.78, 5) is 22.5. The molecule has 2 aliphatic rings. The van der Waals surface area contributed by atoms with Crippen LogP contribution in [0.1, 0.15) is 25.7 Å². The number of rotatable bonds is 2. The Labute approximate surface area is 96.5 Å². The fourth-order valence-corrected chi connectivity index (χ4v) is 2.56. The highest BCUT2D eigenvalue weighted by Gasteiger charge is 2.40. The third-order valence-corrected chi connectivity index (χ3v) is 3.69. The van der Waals surface area contributed by atoms with Crippen molar-refractivity contribution in [3.05, 3.63) is 0 Å². The molecular formula is C12H19N3O. The fraction of sp³-hybridized carbons (Fsp3) is 0.750. The van der Waals surface area contributed by atoms with E-state index in [0.29, 0.717) is 18.6 Å². The molecule has 0 unspecified atom stereocenters. The second-order valence-corrected chi connectivity index (χ2v) is 4.77. The van der Waals surface area contributed by atoms with E-state index in [1.165, 1.54) is 0 Å². The van der Waals surface area contributed by atoms with Gasteiger partial charge >= 0.3 is 0 Å². The number of aliphatic imine (C=N–C) groups is 2. The van der Waals surface area contributed by atoms with E-state index in [0.717, 1.165) is 31.6 Å². The quantitative estimate of drug-likeness (QED) is 0.697. The molecule has 0 spiro atoms. The summed E-state index contributed by atoms with van der Waals surface area (Å²) in [6.45, 7) is 1.58. The van der Waals surface area contributed by atoms with Gasteiger partial charge < -0.3 is 0 Å². The van der Waals surface area contributed by atoms with Crippen molar-refractivity contribution in [2.45, 2.75) is 31.2 Å². The average Bonchev–Trinajstić information content (AvgIpc) is 2.31. The molecule has 0 aromatic rings. The highest BCUT2D eigenvalue weighted by atomic mass is 16.1. The molecule has 0 aromatic carbocycles. The molecule has 4 heteroatoms. The number of ketones is 1. The zero-order chi connectivity index (χ0) is 11.6. The van der Waals surface area contributed by atoms with Crippen molar-refractivity contribution in [1.29, 1.82) is 0 Å². The Hall–Kier alpha value is -1.03. The molecular weight excluding hydrogens is 202 g/mol. The lowest BCUT2D eigenvalue weighted by molar-refractivity contribution is -0.121. The molecule has 88 valence electrons. The maximum Gasteiger partial charge on any atom is 0.133 e. The Morgan fingerprint density at radius 2 is 1.94 bits per heavy atom. The molecule has 0 amide bonds. The van der Waals surface area contributed by atoms with Crippen LogP contribution in [-0.2, 0) is 4.79 Å². The van der Waals surface area contributed by atoms with Gasteiger partial charge in [-0.3, -0.25) is 19.7 Å². The predicted molar refractivity (Wildman–Crippen MR) is 65.6 cm³/mol. The van der Waals surface area contributed by atoms with E-state index in [1.54, 1.807) is 0 Å². The Morgan fingerprint density at radius 1 is 1.25 bits per heavy atom. The van der Waals surface area contributed by atoms with Crippen molar-refractivity contribution in [2.24, 2.45) is 9.98 Å². The van der Waals surface area contributed by atoms with Crippen LogP contribution in [-0.4, -0.2) is 55.3 Å². The average molecular weight is 221 g/mol. The van der Waals surface area contributed by atoms with Crippen LogP contribution in [0.15, 0.2) is 9.98 Å². The van der Waals surface area contributed by atoms with Gasteiger partial charge in [-0.1, -0.05) is 0 Å². The first-order valence-corrected chi connectivity index (χ1v) is 5.89. The Bertz CT molecular complexity index is 334. The first kappa shape index (κ1) is 11.5. The van der Waals surface area contributed by atoms with Gasteiger partial charge in [-0.15, -0.1) is 0 Å². The van der Waals surface area contributed by atoms with Gasteiger partial charge in [0.05, 0.1) is 24.3 Å². The molecule has 0 radical (unpaired) electrons. The topological polar surface area (TPSA) is 45.0 Å². The van der Waals surface area contributed by atoms with E-state index in [4.69, 9.17) is 0 Å². The van der Waals surface area contributed by atoms with Crippen LogP contribution in [0.2, 0.25) is 0 Å². The highest BCUT2D eigenvalue weighted by molar-refractivity contribution is 6.35. The normalized spacial score (nSPS) is 24.7. The van der Waals surface area contributed by atoms with Crippen molar-refractivity contribution >= 4 is 17.7 Å². The van der Waals surface area contributed by atoms with Gasteiger partial charge in [-0.25, -0.2) is 0 Å². The summed E-state index contributed by atoms with van der Waals surface area (Å²) in [5, 5.41) is 0. The molecule has 4 nitrogen and oxygen atoms in total. The van der Waals surface area contributed by atoms with Gasteiger partial charge in [0.25, 0.3) is 0 Å². The summed E-state index contributed by atoms with van der Waals surface area (Å²) in [6, 6.07) is 0. The molecule has 0 aromatic heterocycles. The zero-order valence-electron chi connectivity index (χ0n) is 10.1. The molecule has 2 rings (SSSR count). The molecule has 1 heterocycles. The number of carbonyl (C=O) groups is 1. The van der Waals surface area contributed by atoms with E-state index < -0.39 is 0 Å². The highest BCUT2D eigenvalue weighted by Crippen LogP contribution is 2.32. The van der Waals surface area contributed by atoms with Crippen LogP contribution in [0.5, 0.6) is 0 Å². The molecule has 0 N–H and O–H groups in total. The standard InChI is InChI=1S/C12H19N3O/c1-15(2)12(5-3-10(16)4-6-12)11-9-13-7-8-14-11/h9H,3-8H2,1-2H3. The molecule has 16 heavy (non-hydrogen) atoms. The van der Waals surface area contributed by atoms with Crippen molar-refractivity contribution in [2.75, 3.05) is 27.2 Å². The Balaban J connectivity index is 2.25. The summed E-state index contributed by atoms with van der Waals surface area (Å²) in [7, 11) is 4.14. The summed E-state index contributed by atoms with van der Waals surface area (Å²) in [6.07, 6.45) is 5.00. The molecule has 0 bridgehead atoms. The van der Waals surface area contributed by atoms with E-state index in [1.807, 2.05) is 6.21 Å². The van der Waals surface area contributed by atoms with Crippen LogP contribution >= 0.6 is 0 Å². The van der Waals surface area contributed by atoms with Crippen LogP contribution in [0.4, 0.5) is 0 Å². The van der Waals surface area contributed by atoms with Gasteiger partial charge in [0.1, 0.15) is 5.78 Å². The number of nitrogens with zero attached hydrogens (tertiary/aromatic N) is 3. The van der Waals surface area contributed by atoms with Gasteiger partial charge in [-0.2, -0.15) is 0 Å². The molecule has 0 saturated heterocycles. The molecule has 1 aliphatic carbocycles. The lowest BCUT2D eigenvalue weighted by Crippen LogP contribution is -2.54.